The molecule has 1 spiro atoms. The minimum absolute atomic E-state index is 0.0966. The molecule has 4 saturated carbocycles. The summed E-state index contributed by atoms with van der Waals surface area (Å²) in [7, 11) is 0. The molecular formula is C18H22F6O3. The maximum Gasteiger partial charge on any atom is 0.377 e. The van der Waals surface area contributed by atoms with Crippen LogP contribution in [0, 0.1) is 17.8 Å². The molecule has 4 aliphatic carbocycles. The van der Waals surface area contributed by atoms with Crippen molar-refractivity contribution in [3.8, 4) is 0 Å². The van der Waals surface area contributed by atoms with Gasteiger partial charge in [-0.2, -0.15) is 26.3 Å². The summed E-state index contributed by atoms with van der Waals surface area (Å²) in [6.45, 7) is -0.882. The first-order chi connectivity index (χ1) is 12.3. The summed E-state index contributed by atoms with van der Waals surface area (Å²) in [4.78, 5) is 11.7. The lowest BCUT2D eigenvalue weighted by Crippen LogP contribution is -2.65. The maximum absolute atomic E-state index is 13.8. The van der Waals surface area contributed by atoms with E-state index in [1.165, 1.54) is 0 Å². The van der Waals surface area contributed by atoms with Crippen LogP contribution in [0.15, 0.2) is 0 Å². The van der Waals surface area contributed by atoms with Gasteiger partial charge in [0.1, 0.15) is 12.2 Å². The van der Waals surface area contributed by atoms with Crippen LogP contribution >= 0.6 is 0 Å². The molecule has 0 amide bonds. The van der Waals surface area contributed by atoms with Gasteiger partial charge >= 0.3 is 23.7 Å². The highest BCUT2D eigenvalue weighted by atomic mass is 19.3. The van der Waals surface area contributed by atoms with Crippen LogP contribution in [0.25, 0.3) is 0 Å². The summed E-state index contributed by atoms with van der Waals surface area (Å²) in [6.07, 6.45) is 0.843. The fraction of sp³-hybridized carbons (Fsp3) is 0.944. The number of esters is 1. The van der Waals surface area contributed by atoms with E-state index in [4.69, 9.17) is 9.47 Å². The van der Waals surface area contributed by atoms with E-state index in [9.17, 15) is 31.1 Å². The van der Waals surface area contributed by atoms with Crippen molar-refractivity contribution in [1.82, 2.24) is 0 Å². The van der Waals surface area contributed by atoms with Crippen LogP contribution < -0.4 is 0 Å². The molecule has 0 aromatic carbocycles. The van der Waals surface area contributed by atoms with Gasteiger partial charge in [-0.25, -0.2) is 4.79 Å². The third kappa shape index (κ3) is 2.86. The van der Waals surface area contributed by atoms with Gasteiger partial charge in [-0.1, -0.05) is 0 Å². The van der Waals surface area contributed by atoms with E-state index in [1.807, 2.05) is 0 Å². The molecule has 5 fully saturated rings. The average Bonchev–Trinajstić information content (AvgIpc) is 2.60. The summed E-state index contributed by atoms with van der Waals surface area (Å²) < 4.78 is 92.6. The second-order valence-electron chi connectivity index (χ2n) is 8.96. The monoisotopic (exact) mass is 400 g/mol. The lowest BCUT2D eigenvalue weighted by atomic mass is 9.47. The Morgan fingerprint density at radius 1 is 1.00 bits per heavy atom. The maximum atomic E-state index is 13.8. The zero-order valence-corrected chi connectivity index (χ0v) is 14.9. The molecule has 154 valence electrons. The normalized spacial score (nSPS) is 44.9. The molecule has 1 saturated heterocycles. The highest BCUT2D eigenvalue weighted by molar-refractivity contribution is 5.77. The van der Waals surface area contributed by atoms with E-state index >= 15 is 0 Å². The fourth-order valence-electron chi connectivity index (χ4n) is 5.98. The van der Waals surface area contributed by atoms with Crippen molar-refractivity contribution in [2.24, 2.45) is 17.8 Å². The topological polar surface area (TPSA) is 35.5 Å². The van der Waals surface area contributed by atoms with Crippen LogP contribution in [0.1, 0.15) is 51.9 Å². The molecular weight excluding hydrogens is 378 g/mol. The third-order valence-corrected chi connectivity index (χ3v) is 7.07. The summed E-state index contributed by atoms with van der Waals surface area (Å²) in [6, 6.07) is 0. The minimum Gasteiger partial charge on any atom is -0.455 e. The first-order valence-corrected chi connectivity index (χ1v) is 9.30. The van der Waals surface area contributed by atoms with Crippen LogP contribution in [-0.2, 0) is 14.3 Å². The second kappa shape index (κ2) is 5.54. The molecule has 0 aromatic heterocycles. The van der Waals surface area contributed by atoms with Gasteiger partial charge in [-0.3, -0.25) is 0 Å². The van der Waals surface area contributed by atoms with Crippen LogP contribution in [0.3, 0.4) is 0 Å². The number of hydrogen-bond acceptors (Lipinski definition) is 3. The Kier molecular flexibility index (Phi) is 3.97. The van der Waals surface area contributed by atoms with Crippen LogP contribution in [0.5, 0.6) is 0 Å². The molecule has 27 heavy (non-hydrogen) atoms. The number of carbonyl (C=O) groups is 1. The Morgan fingerprint density at radius 2 is 1.59 bits per heavy atom. The summed E-state index contributed by atoms with van der Waals surface area (Å²) >= 11 is 0. The van der Waals surface area contributed by atoms with Gasteiger partial charge in [0, 0.05) is 13.3 Å². The Hall–Kier alpha value is -0.990. The Bertz CT molecular complexity index is 607. The van der Waals surface area contributed by atoms with Crippen molar-refractivity contribution in [3.05, 3.63) is 0 Å². The average molecular weight is 400 g/mol. The molecule has 9 heteroatoms. The molecule has 2 unspecified atom stereocenters. The van der Waals surface area contributed by atoms with Gasteiger partial charge in [0.15, 0.2) is 0 Å². The summed E-state index contributed by atoms with van der Waals surface area (Å²) in [5.41, 5.74) is -2.19. The molecule has 5 aliphatic rings. The lowest BCUT2D eigenvalue weighted by molar-refractivity contribution is -0.275. The van der Waals surface area contributed by atoms with Crippen molar-refractivity contribution in [3.63, 3.8) is 0 Å². The number of alkyl halides is 6. The van der Waals surface area contributed by atoms with E-state index in [0.717, 1.165) is 0 Å². The highest BCUT2D eigenvalue weighted by Crippen LogP contribution is 2.65. The number of ether oxygens (including phenoxy) is 2. The number of halogens is 6. The molecule has 1 heterocycles. The van der Waals surface area contributed by atoms with Gasteiger partial charge in [-0.15, -0.1) is 0 Å². The molecule has 5 rings (SSSR count). The Balaban J connectivity index is 1.60. The second-order valence-corrected chi connectivity index (χ2v) is 8.96. The van der Waals surface area contributed by atoms with E-state index < -0.39 is 48.0 Å². The number of carbonyl (C=O) groups excluding carboxylic acids is 1. The SMILES string of the molecule is CC(F)(F)C(=O)OC12CC3CC(C1)C1(CCC(F)(F)C(F)(F)CO1)C(C3)C2. The molecule has 2 atom stereocenters. The van der Waals surface area contributed by atoms with Crippen molar-refractivity contribution in [2.75, 3.05) is 6.61 Å². The molecule has 1 aliphatic heterocycles. The molecule has 3 nitrogen and oxygen atoms in total. The largest absolute Gasteiger partial charge is 0.455 e. The molecule has 0 aromatic rings. The first-order valence-electron chi connectivity index (χ1n) is 9.30. The third-order valence-electron chi connectivity index (χ3n) is 7.07. The standard InChI is InChI=1S/C18H22F6O3/c1-14(19,20)13(25)27-15-6-10-4-11(7-15)16(12(5-10)8-15)2-3-17(21,22)18(23,24)9-26-16/h10-12H,2-9H2,1H3. The van der Waals surface area contributed by atoms with Crippen molar-refractivity contribution in [2.45, 2.75) is 80.8 Å². The van der Waals surface area contributed by atoms with E-state index in [2.05, 4.69) is 0 Å². The zero-order valence-electron chi connectivity index (χ0n) is 14.9. The predicted octanol–water partition coefficient (Wildman–Crippen LogP) is 4.58. The van der Waals surface area contributed by atoms with E-state index in [0.29, 0.717) is 26.2 Å². The molecule has 4 bridgehead atoms. The highest BCUT2D eigenvalue weighted by Gasteiger charge is 2.68. The van der Waals surface area contributed by atoms with Crippen LogP contribution in [0.4, 0.5) is 26.3 Å². The van der Waals surface area contributed by atoms with E-state index in [-0.39, 0.29) is 37.0 Å². The summed E-state index contributed by atoms with van der Waals surface area (Å²) in [5, 5.41) is 0. The predicted molar refractivity (Wildman–Crippen MR) is 80.8 cm³/mol. The van der Waals surface area contributed by atoms with Crippen LogP contribution in [-0.4, -0.2) is 41.5 Å². The Labute approximate surface area is 152 Å². The Morgan fingerprint density at radius 3 is 2.15 bits per heavy atom. The number of hydrogen-bond donors (Lipinski definition) is 0. The molecule has 0 N–H and O–H groups in total. The van der Waals surface area contributed by atoms with Crippen molar-refractivity contribution < 1.29 is 40.6 Å². The molecule has 0 radical (unpaired) electrons. The smallest absolute Gasteiger partial charge is 0.377 e. The zero-order chi connectivity index (χ0) is 19.9. The van der Waals surface area contributed by atoms with Gasteiger partial charge in [0.05, 0.1) is 5.60 Å². The minimum atomic E-state index is -4.24. The number of rotatable bonds is 2. The van der Waals surface area contributed by atoms with Crippen molar-refractivity contribution in [1.29, 1.82) is 0 Å². The quantitative estimate of drug-likeness (QED) is 0.503. The van der Waals surface area contributed by atoms with Gasteiger partial charge in [-0.05, 0) is 56.3 Å². The lowest BCUT2D eigenvalue weighted by Gasteiger charge is -2.64. The van der Waals surface area contributed by atoms with Crippen molar-refractivity contribution >= 4 is 5.97 Å². The van der Waals surface area contributed by atoms with Gasteiger partial charge in [0.2, 0.25) is 0 Å². The van der Waals surface area contributed by atoms with Crippen LogP contribution in [0.2, 0.25) is 0 Å². The van der Waals surface area contributed by atoms with Gasteiger partial charge in [0.25, 0.3) is 0 Å². The summed E-state index contributed by atoms with van der Waals surface area (Å²) in [5.74, 6) is -14.2. The first kappa shape index (κ1) is 19.3. The van der Waals surface area contributed by atoms with Gasteiger partial charge < -0.3 is 9.47 Å². The van der Waals surface area contributed by atoms with E-state index in [1.54, 1.807) is 0 Å². The fourth-order valence-corrected chi connectivity index (χ4v) is 5.98.